The lowest BCUT2D eigenvalue weighted by Gasteiger charge is -2.13. The molecule has 2 unspecified atom stereocenters. The molecule has 0 radical (unpaired) electrons. The molecule has 3 nitrogen and oxygen atoms in total. The van der Waals surface area contributed by atoms with Crippen LogP contribution in [-0.2, 0) is 9.53 Å². The van der Waals surface area contributed by atoms with Gasteiger partial charge >= 0.3 is 0 Å². The molecule has 0 aromatic rings. The summed E-state index contributed by atoms with van der Waals surface area (Å²) in [5.41, 5.74) is 0. The molecule has 11 heavy (non-hydrogen) atoms. The Morgan fingerprint density at radius 2 is 2.27 bits per heavy atom. The molecule has 0 aromatic carbocycles. The van der Waals surface area contributed by atoms with Crippen LogP contribution in [0.15, 0.2) is 0 Å². The van der Waals surface area contributed by atoms with Gasteiger partial charge in [-0.1, -0.05) is 0 Å². The lowest BCUT2D eigenvalue weighted by atomic mass is 10.3. The van der Waals surface area contributed by atoms with Gasteiger partial charge in [-0.05, 0) is 13.8 Å². The highest BCUT2D eigenvalue weighted by Gasteiger charge is 2.31. The molecule has 64 valence electrons. The van der Waals surface area contributed by atoms with Crippen molar-refractivity contribution in [2.45, 2.75) is 45.0 Å². The van der Waals surface area contributed by atoms with E-state index >= 15 is 0 Å². The second-order valence-electron chi connectivity index (χ2n) is 3.23. The SMILES string of the molecule is CC(C)OC1CC(=O)C(O)C1. The number of hydrogen-bond donors (Lipinski definition) is 1. The summed E-state index contributed by atoms with van der Waals surface area (Å²) in [7, 11) is 0. The van der Waals surface area contributed by atoms with Crippen molar-refractivity contribution in [2.24, 2.45) is 0 Å². The van der Waals surface area contributed by atoms with E-state index in [-0.39, 0.29) is 18.0 Å². The van der Waals surface area contributed by atoms with E-state index < -0.39 is 6.10 Å². The Bertz CT molecular complexity index is 153. The summed E-state index contributed by atoms with van der Waals surface area (Å²) in [4.78, 5) is 10.8. The molecule has 0 saturated heterocycles. The Kier molecular flexibility index (Phi) is 2.62. The summed E-state index contributed by atoms with van der Waals surface area (Å²) in [6.45, 7) is 3.85. The second-order valence-corrected chi connectivity index (χ2v) is 3.23. The number of ether oxygens (including phenoxy) is 1. The summed E-state index contributed by atoms with van der Waals surface area (Å²) in [6.07, 6.45) is 0.144. The maximum atomic E-state index is 10.8. The highest BCUT2D eigenvalue weighted by Crippen LogP contribution is 2.19. The van der Waals surface area contributed by atoms with Gasteiger partial charge in [-0.3, -0.25) is 4.79 Å². The fourth-order valence-electron chi connectivity index (χ4n) is 1.31. The number of ketones is 1. The van der Waals surface area contributed by atoms with E-state index in [2.05, 4.69) is 0 Å². The topological polar surface area (TPSA) is 46.5 Å². The molecule has 1 N–H and O–H groups in total. The van der Waals surface area contributed by atoms with Crippen LogP contribution in [0.25, 0.3) is 0 Å². The zero-order valence-corrected chi connectivity index (χ0v) is 6.91. The normalized spacial score (nSPS) is 31.8. The second kappa shape index (κ2) is 3.32. The first-order chi connectivity index (χ1) is 5.09. The molecule has 1 rings (SSSR count). The number of aliphatic hydroxyl groups is 1. The van der Waals surface area contributed by atoms with Gasteiger partial charge in [0.15, 0.2) is 5.78 Å². The van der Waals surface area contributed by atoms with Crippen molar-refractivity contribution in [3.63, 3.8) is 0 Å². The van der Waals surface area contributed by atoms with Crippen molar-refractivity contribution in [1.82, 2.24) is 0 Å². The molecule has 1 saturated carbocycles. The minimum Gasteiger partial charge on any atom is -0.385 e. The van der Waals surface area contributed by atoms with E-state index in [1.165, 1.54) is 0 Å². The maximum absolute atomic E-state index is 10.8. The average Bonchev–Trinajstić information content (AvgIpc) is 2.10. The van der Waals surface area contributed by atoms with E-state index in [0.717, 1.165) is 0 Å². The molecule has 2 atom stereocenters. The first-order valence-corrected chi connectivity index (χ1v) is 3.96. The summed E-state index contributed by atoms with van der Waals surface area (Å²) >= 11 is 0. The molecule has 1 aliphatic carbocycles. The van der Waals surface area contributed by atoms with E-state index in [9.17, 15) is 4.79 Å². The summed E-state index contributed by atoms with van der Waals surface area (Å²) in [5.74, 6) is -0.0874. The molecule has 1 fully saturated rings. The first-order valence-electron chi connectivity index (χ1n) is 3.96. The Labute approximate surface area is 66.4 Å². The highest BCUT2D eigenvalue weighted by molar-refractivity contribution is 5.85. The monoisotopic (exact) mass is 158 g/mol. The summed E-state index contributed by atoms with van der Waals surface area (Å²) in [6, 6.07) is 0. The summed E-state index contributed by atoms with van der Waals surface area (Å²) in [5, 5.41) is 9.05. The predicted molar refractivity (Wildman–Crippen MR) is 40.3 cm³/mol. The van der Waals surface area contributed by atoms with Crippen LogP contribution in [0.4, 0.5) is 0 Å². The summed E-state index contributed by atoms with van der Waals surface area (Å²) < 4.78 is 5.37. The fourth-order valence-corrected chi connectivity index (χ4v) is 1.31. The van der Waals surface area contributed by atoms with Crippen LogP contribution >= 0.6 is 0 Å². The molecule has 0 aliphatic heterocycles. The van der Waals surface area contributed by atoms with E-state index in [4.69, 9.17) is 9.84 Å². The average molecular weight is 158 g/mol. The van der Waals surface area contributed by atoms with Crippen molar-refractivity contribution < 1.29 is 14.6 Å². The Morgan fingerprint density at radius 3 is 2.64 bits per heavy atom. The molecule has 0 heterocycles. The van der Waals surface area contributed by atoms with Crippen LogP contribution in [0.1, 0.15) is 26.7 Å². The van der Waals surface area contributed by atoms with Gasteiger partial charge in [0.2, 0.25) is 0 Å². The third-order valence-corrected chi connectivity index (χ3v) is 1.75. The minimum absolute atomic E-state index is 0.0579. The predicted octanol–water partition coefficient (Wildman–Crippen LogP) is 0.504. The first kappa shape index (κ1) is 8.68. The third kappa shape index (κ3) is 2.27. The number of carbonyl (C=O) groups is 1. The Hall–Kier alpha value is -0.410. The van der Waals surface area contributed by atoms with Gasteiger partial charge in [-0.25, -0.2) is 0 Å². The smallest absolute Gasteiger partial charge is 0.163 e. The van der Waals surface area contributed by atoms with Crippen LogP contribution in [0.5, 0.6) is 0 Å². The van der Waals surface area contributed by atoms with Crippen LogP contribution < -0.4 is 0 Å². The molecule has 0 aromatic heterocycles. The number of rotatable bonds is 2. The van der Waals surface area contributed by atoms with Crippen molar-refractivity contribution in [3.8, 4) is 0 Å². The third-order valence-electron chi connectivity index (χ3n) is 1.75. The van der Waals surface area contributed by atoms with Crippen molar-refractivity contribution in [2.75, 3.05) is 0 Å². The van der Waals surface area contributed by atoms with Crippen LogP contribution in [0.2, 0.25) is 0 Å². The fraction of sp³-hybridized carbons (Fsp3) is 0.875. The number of Topliss-reactive ketones (excluding diaryl/α,β-unsaturated/α-hetero) is 1. The quantitative estimate of drug-likeness (QED) is 0.636. The standard InChI is InChI=1S/C8H14O3/c1-5(2)11-6-3-7(9)8(10)4-6/h5-7,9H,3-4H2,1-2H3. The molecule has 0 spiro atoms. The van der Waals surface area contributed by atoms with E-state index in [1.807, 2.05) is 13.8 Å². The lowest BCUT2D eigenvalue weighted by Crippen LogP contribution is -2.15. The van der Waals surface area contributed by atoms with Gasteiger partial charge in [0.25, 0.3) is 0 Å². The highest BCUT2D eigenvalue weighted by atomic mass is 16.5. The van der Waals surface area contributed by atoms with Crippen molar-refractivity contribution >= 4 is 5.78 Å². The number of hydrogen-bond acceptors (Lipinski definition) is 3. The van der Waals surface area contributed by atoms with Gasteiger partial charge in [0, 0.05) is 12.8 Å². The molecule has 0 amide bonds. The van der Waals surface area contributed by atoms with E-state index in [0.29, 0.717) is 12.8 Å². The van der Waals surface area contributed by atoms with Crippen LogP contribution in [-0.4, -0.2) is 29.2 Å². The van der Waals surface area contributed by atoms with Crippen LogP contribution in [0, 0.1) is 0 Å². The van der Waals surface area contributed by atoms with Crippen molar-refractivity contribution in [1.29, 1.82) is 0 Å². The molecular weight excluding hydrogens is 144 g/mol. The van der Waals surface area contributed by atoms with Crippen molar-refractivity contribution in [3.05, 3.63) is 0 Å². The van der Waals surface area contributed by atoms with Crippen LogP contribution in [0.3, 0.4) is 0 Å². The Morgan fingerprint density at radius 1 is 1.64 bits per heavy atom. The zero-order chi connectivity index (χ0) is 8.43. The van der Waals surface area contributed by atoms with Gasteiger partial charge in [-0.15, -0.1) is 0 Å². The van der Waals surface area contributed by atoms with Gasteiger partial charge < -0.3 is 9.84 Å². The zero-order valence-electron chi connectivity index (χ0n) is 6.91. The molecule has 0 bridgehead atoms. The van der Waals surface area contributed by atoms with Gasteiger partial charge in [0.1, 0.15) is 6.10 Å². The Balaban J connectivity index is 2.35. The largest absolute Gasteiger partial charge is 0.385 e. The minimum atomic E-state index is -0.779. The maximum Gasteiger partial charge on any atom is 0.163 e. The molecular formula is C8H14O3. The molecule has 3 heteroatoms. The van der Waals surface area contributed by atoms with Gasteiger partial charge in [0.05, 0.1) is 12.2 Å². The van der Waals surface area contributed by atoms with E-state index in [1.54, 1.807) is 0 Å². The number of carbonyl (C=O) groups excluding carboxylic acids is 1. The van der Waals surface area contributed by atoms with Gasteiger partial charge in [-0.2, -0.15) is 0 Å². The number of aliphatic hydroxyl groups excluding tert-OH is 1. The lowest BCUT2D eigenvalue weighted by molar-refractivity contribution is -0.124. The molecule has 1 aliphatic rings.